The number of nitrogen functional groups attached to an aromatic ring is 1. The maximum Gasteiger partial charge on any atom is 0.346 e. The van der Waals surface area contributed by atoms with E-state index in [1.54, 1.807) is 31.4 Å². The fourth-order valence-corrected chi connectivity index (χ4v) is 3.23. The normalized spacial score (nSPS) is 11.0. The lowest BCUT2D eigenvalue weighted by Gasteiger charge is -2.15. The van der Waals surface area contributed by atoms with Crippen molar-refractivity contribution >= 4 is 28.4 Å². The number of aryl methyl sites for hydroxylation is 2. The molecule has 0 aliphatic carbocycles. The van der Waals surface area contributed by atoms with Crippen molar-refractivity contribution in [3.8, 4) is 0 Å². The lowest BCUT2D eigenvalue weighted by atomic mass is 10.1. The molecule has 0 radical (unpaired) electrons. The number of rotatable bonds is 4. The highest BCUT2D eigenvalue weighted by molar-refractivity contribution is 6.02. The van der Waals surface area contributed by atoms with Crippen molar-refractivity contribution in [3.63, 3.8) is 0 Å². The minimum atomic E-state index is -0.426. The standard InChI is InChI=1S/C21H21N7O2/c1-13-10-15-8-7-14(11-16(15)24-18(13)22)12-28-19(25-27(3)21(28)30)20(29)26(2)17-6-4-5-9-23-17/h4-11H,12H2,1-3H3,(H2,22,24). The molecule has 1 aromatic carbocycles. The first kappa shape index (κ1) is 19.3. The van der Waals surface area contributed by atoms with Crippen LogP contribution in [0, 0.1) is 6.92 Å². The van der Waals surface area contributed by atoms with Crippen LogP contribution in [0.25, 0.3) is 10.9 Å². The van der Waals surface area contributed by atoms with Crippen LogP contribution in [-0.2, 0) is 13.6 Å². The largest absolute Gasteiger partial charge is 0.383 e. The molecule has 0 fully saturated rings. The number of fused-ring (bicyclic) bond motifs is 1. The molecule has 0 aliphatic heterocycles. The zero-order valence-corrected chi connectivity index (χ0v) is 16.9. The Bertz CT molecular complexity index is 1310. The summed E-state index contributed by atoms with van der Waals surface area (Å²) in [5.41, 5.74) is 7.99. The van der Waals surface area contributed by atoms with Crippen molar-refractivity contribution in [3.05, 3.63) is 76.1 Å². The number of anilines is 2. The lowest BCUT2D eigenvalue weighted by Crippen LogP contribution is -2.32. The summed E-state index contributed by atoms with van der Waals surface area (Å²) in [4.78, 5) is 35.7. The third-order valence-corrected chi connectivity index (χ3v) is 4.95. The quantitative estimate of drug-likeness (QED) is 0.555. The van der Waals surface area contributed by atoms with E-state index in [0.717, 1.165) is 26.7 Å². The highest BCUT2D eigenvalue weighted by Crippen LogP contribution is 2.20. The van der Waals surface area contributed by atoms with Crippen LogP contribution in [0.15, 0.2) is 53.5 Å². The van der Waals surface area contributed by atoms with E-state index < -0.39 is 5.91 Å². The second-order valence-electron chi connectivity index (χ2n) is 7.09. The van der Waals surface area contributed by atoms with Crippen LogP contribution in [0.4, 0.5) is 11.6 Å². The molecular formula is C21H21N7O2. The van der Waals surface area contributed by atoms with Gasteiger partial charge in [-0.2, -0.15) is 0 Å². The molecule has 0 unspecified atom stereocenters. The van der Waals surface area contributed by atoms with E-state index in [4.69, 9.17) is 5.73 Å². The van der Waals surface area contributed by atoms with Gasteiger partial charge in [0.05, 0.1) is 12.1 Å². The van der Waals surface area contributed by atoms with Crippen molar-refractivity contribution in [2.24, 2.45) is 7.05 Å². The van der Waals surface area contributed by atoms with Crippen LogP contribution < -0.4 is 16.3 Å². The van der Waals surface area contributed by atoms with E-state index in [1.807, 2.05) is 31.2 Å². The summed E-state index contributed by atoms with van der Waals surface area (Å²) in [5, 5.41) is 5.11. The molecule has 9 nitrogen and oxygen atoms in total. The molecule has 30 heavy (non-hydrogen) atoms. The zero-order chi connectivity index (χ0) is 21.4. The van der Waals surface area contributed by atoms with Crippen molar-refractivity contribution in [2.45, 2.75) is 13.5 Å². The van der Waals surface area contributed by atoms with Gasteiger partial charge in [-0.1, -0.05) is 18.2 Å². The van der Waals surface area contributed by atoms with Gasteiger partial charge in [-0.25, -0.2) is 19.4 Å². The van der Waals surface area contributed by atoms with Gasteiger partial charge >= 0.3 is 5.69 Å². The number of carbonyl (C=O) groups is 1. The van der Waals surface area contributed by atoms with E-state index >= 15 is 0 Å². The Labute approximate surface area is 172 Å². The Morgan fingerprint density at radius 1 is 1.20 bits per heavy atom. The first-order valence-corrected chi connectivity index (χ1v) is 9.34. The van der Waals surface area contributed by atoms with Gasteiger partial charge in [-0.15, -0.1) is 5.10 Å². The van der Waals surface area contributed by atoms with Gasteiger partial charge in [-0.05, 0) is 42.3 Å². The van der Waals surface area contributed by atoms with Gasteiger partial charge in [0.15, 0.2) is 0 Å². The molecule has 4 aromatic rings. The predicted octanol–water partition coefficient (Wildman–Crippen LogP) is 1.74. The van der Waals surface area contributed by atoms with E-state index in [0.29, 0.717) is 11.6 Å². The summed E-state index contributed by atoms with van der Waals surface area (Å²) in [6.07, 6.45) is 1.60. The molecule has 0 bridgehead atoms. The summed E-state index contributed by atoms with van der Waals surface area (Å²) < 4.78 is 2.50. The van der Waals surface area contributed by atoms with Crippen molar-refractivity contribution in [1.82, 2.24) is 24.3 Å². The van der Waals surface area contributed by atoms with Crippen molar-refractivity contribution in [2.75, 3.05) is 17.7 Å². The van der Waals surface area contributed by atoms with Gasteiger partial charge in [0.2, 0.25) is 5.82 Å². The average Bonchev–Trinajstić information content (AvgIpc) is 3.02. The highest BCUT2D eigenvalue weighted by Gasteiger charge is 2.23. The molecule has 9 heteroatoms. The average molecular weight is 403 g/mol. The molecule has 2 N–H and O–H groups in total. The third-order valence-electron chi connectivity index (χ3n) is 4.95. The molecule has 0 saturated heterocycles. The van der Waals surface area contributed by atoms with E-state index in [2.05, 4.69) is 15.1 Å². The summed E-state index contributed by atoms with van der Waals surface area (Å²) in [5.74, 6) is 0.538. The Morgan fingerprint density at radius 2 is 2.00 bits per heavy atom. The monoisotopic (exact) mass is 403 g/mol. The maximum atomic E-state index is 13.0. The number of hydrogen-bond acceptors (Lipinski definition) is 6. The van der Waals surface area contributed by atoms with Crippen LogP contribution in [0.1, 0.15) is 21.7 Å². The molecule has 1 amide bonds. The number of amides is 1. The number of aromatic nitrogens is 5. The number of pyridine rings is 2. The number of nitrogens with zero attached hydrogens (tertiary/aromatic N) is 6. The zero-order valence-electron chi connectivity index (χ0n) is 16.9. The fraction of sp³-hybridized carbons (Fsp3) is 0.190. The molecule has 3 heterocycles. The number of nitrogens with two attached hydrogens (primary N) is 1. The molecule has 0 aliphatic rings. The Kier molecular flexibility index (Phi) is 4.78. The smallest absolute Gasteiger partial charge is 0.346 e. The predicted molar refractivity (Wildman–Crippen MR) is 114 cm³/mol. The van der Waals surface area contributed by atoms with Crippen molar-refractivity contribution in [1.29, 1.82) is 0 Å². The number of hydrogen-bond donors (Lipinski definition) is 1. The van der Waals surface area contributed by atoms with Gasteiger partial charge in [0.25, 0.3) is 5.91 Å². The second kappa shape index (κ2) is 7.43. The molecular weight excluding hydrogens is 382 g/mol. The lowest BCUT2D eigenvalue weighted by molar-refractivity contribution is 0.0977. The topological polar surface area (TPSA) is 112 Å². The molecule has 0 atom stereocenters. The molecule has 152 valence electrons. The Morgan fingerprint density at radius 3 is 2.73 bits per heavy atom. The van der Waals surface area contributed by atoms with Gasteiger partial charge in [0, 0.05) is 25.7 Å². The van der Waals surface area contributed by atoms with Gasteiger partial charge < -0.3 is 5.73 Å². The second-order valence-corrected chi connectivity index (χ2v) is 7.09. The Hall–Kier alpha value is -4.01. The highest BCUT2D eigenvalue weighted by atomic mass is 16.2. The first-order chi connectivity index (χ1) is 14.3. The minimum absolute atomic E-state index is 0.0344. The molecule has 4 rings (SSSR count). The minimum Gasteiger partial charge on any atom is -0.383 e. The molecule has 3 aromatic heterocycles. The van der Waals surface area contributed by atoms with Crippen LogP contribution in [0.5, 0.6) is 0 Å². The summed E-state index contributed by atoms with van der Waals surface area (Å²) in [6, 6.07) is 12.9. The fourth-order valence-electron chi connectivity index (χ4n) is 3.23. The van der Waals surface area contributed by atoms with E-state index in [-0.39, 0.29) is 18.1 Å². The van der Waals surface area contributed by atoms with Crippen LogP contribution in [0.2, 0.25) is 0 Å². The summed E-state index contributed by atoms with van der Waals surface area (Å²) in [6.45, 7) is 2.08. The number of carbonyl (C=O) groups excluding carboxylic acids is 1. The Balaban J connectivity index is 1.72. The number of benzene rings is 1. The van der Waals surface area contributed by atoms with Gasteiger partial charge in [-0.3, -0.25) is 14.3 Å². The SMILES string of the molecule is Cc1cc2ccc(Cn3c(C(=O)N(C)c4ccccn4)nn(C)c3=O)cc2nc1N. The first-order valence-electron chi connectivity index (χ1n) is 9.34. The van der Waals surface area contributed by atoms with E-state index in [1.165, 1.54) is 16.5 Å². The van der Waals surface area contributed by atoms with Crippen molar-refractivity contribution < 1.29 is 4.79 Å². The van der Waals surface area contributed by atoms with Crippen LogP contribution in [-0.4, -0.2) is 37.3 Å². The molecule has 0 saturated carbocycles. The van der Waals surface area contributed by atoms with Crippen LogP contribution in [0.3, 0.4) is 0 Å². The summed E-state index contributed by atoms with van der Waals surface area (Å²) in [7, 11) is 3.11. The summed E-state index contributed by atoms with van der Waals surface area (Å²) >= 11 is 0. The van der Waals surface area contributed by atoms with E-state index in [9.17, 15) is 9.59 Å². The maximum absolute atomic E-state index is 13.0. The van der Waals surface area contributed by atoms with Gasteiger partial charge in [0.1, 0.15) is 11.6 Å². The third kappa shape index (κ3) is 3.41. The molecule has 0 spiro atoms. The van der Waals surface area contributed by atoms with Crippen LogP contribution >= 0.6 is 0 Å².